The van der Waals surface area contributed by atoms with E-state index < -0.39 is 10.0 Å². The van der Waals surface area contributed by atoms with Crippen molar-refractivity contribution in [2.75, 3.05) is 32.8 Å². The minimum atomic E-state index is -3.63. The van der Waals surface area contributed by atoms with Crippen LogP contribution in [0.25, 0.3) is 0 Å². The van der Waals surface area contributed by atoms with Gasteiger partial charge >= 0.3 is 0 Å². The van der Waals surface area contributed by atoms with Gasteiger partial charge in [-0.15, -0.1) is 11.3 Å². The van der Waals surface area contributed by atoms with Crippen LogP contribution in [0.3, 0.4) is 0 Å². The molecule has 0 aliphatic carbocycles. The molecule has 2 saturated heterocycles. The van der Waals surface area contributed by atoms with Crippen LogP contribution < -0.4 is 0 Å². The van der Waals surface area contributed by atoms with Crippen molar-refractivity contribution in [2.45, 2.75) is 30.7 Å². The highest BCUT2D eigenvalue weighted by Crippen LogP contribution is 2.36. The molecule has 150 valence electrons. The average Bonchev–Trinajstić information content (AvgIpc) is 3.40. The van der Waals surface area contributed by atoms with E-state index in [-0.39, 0.29) is 16.8 Å². The second kappa shape index (κ2) is 7.94. The van der Waals surface area contributed by atoms with Gasteiger partial charge in [0.2, 0.25) is 10.0 Å². The van der Waals surface area contributed by atoms with Gasteiger partial charge in [-0.3, -0.25) is 4.79 Å². The Morgan fingerprint density at radius 1 is 1.18 bits per heavy atom. The Labute approximate surface area is 169 Å². The third-order valence-electron chi connectivity index (χ3n) is 5.43. The van der Waals surface area contributed by atoms with Crippen LogP contribution in [0.2, 0.25) is 0 Å². The molecule has 0 radical (unpaired) electrons. The second-order valence-electron chi connectivity index (χ2n) is 7.17. The van der Waals surface area contributed by atoms with E-state index in [9.17, 15) is 13.2 Å². The minimum absolute atomic E-state index is 0.0754. The van der Waals surface area contributed by atoms with Crippen molar-refractivity contribution in [3.05, 3.63) is 51.7 Å². The highest BCUT2D eigenvalue weighted by Gasteiger charge is 2.33. The fourth-order valence-electron chi connectivity index (χ4n) is 3.87. The van der Waals surface area contributed by atoms with E-state index in [4.69, 9.17) is 4.74 Å². The average molecular weight is 421 g/mol. The summed E-state index contributed by atoms with van der Waals surface area (Å²) >= 11 is 1.66. The molecule has 0 spiro atoms. The summed E-state index contributed by atoms with van der Waals surface area (Å²) in [5.41, 5.74) is 1.26. The molecule has 4 rings (SSSR count). The Bertz CT molecular complexity index is 951. The molecule has 1 amide bonds. The number of ether oxygens (including phenoxy) is 1. The molecule has 28 heavy (non-hydrogen) atoms. The Balaban J connectivity index is 1.64. The molecule has 1 unspecified atom stereocenters. The molecule has 1 atom stereocenters. The number of benzene rings is 1. The summed E-state index contributed by atoms with van der Waals surface area (Å²) in [6.45, 7) is 4.02. The predicted octanol–water partition coefficient (Wildman–Crippen LogP) is 3.05. The van der Waals surface area contributed by atoms with Gasteiger partial charge < -0.3 is 9.64 Å². The maximum absolute atomic E-state index is 13.3. The van der Waals surface area contributed by atoms with Gasteiger partial charge in [0.1, 0.15) is 0 Å². The highest BCUT2D eigenvalue weighted by atomic mass is 32.2. The van der Waals surface area contributed by atoms with Gasteiger partial charge in [0.05, 0.1) is 24.2 Å². The van der Waals surface area contributed by atoms with E-state index in [0.29, 0.717) is 38.4 Å². The summed E-state index contributed by atoms with van der Waals surface area (Å²) < 4.78 is 32.7. The Morgan fingerprint density at radius 2 is 1.96 bits per heavy atom. The largest absolute Gasteiger partial charge is 0.379 e. The van der Waals surface area contributed by atoms with Crippen LogP contribution in [-0.4, -0.2) is 56.4 Å². The number of carbonyl (C=O) groups is 1. The number of nitrogens with zero attached hydrogens (tertiary/aromatic N) is 2. The number of aryl methyl sites for hydroxylation is 1. The van der Waals surface area contributed by atoms with Crippen molar-refractivity contribution in [1.82, 2.24) is 9.21 Å². The molecule has 8 heteroatoms. The van der Waals surface area contributed by atoms with Crippen molar-refractivity contribution in [3.63, 3.8) is 0 Å². The quantitative estimate of drug-likeness (QED) is 0.763. The van der Waals surface area contributed by atoms with Crippen molar-refractivity contribution >= 4 is 27.3 Å². The van der Waals surface area contributed by atoms with E-state index in [1.54, 1.807) is 29.5 Å². The molecule has 2 aliphatic heterocycles. The molecule has 2 fully saturated rings. The van der Waals surface area contributed by atoms with Gasteiger partial charge in [0.15, 0.2) is 0 Å². The van der Waals surface area contributed by atoms with Gasteiger partial charge in [-0.05, 0) is 48.9 Å². The summed E-state index contributed by atoms with van der Waals surface area (Å²) in [5, 5.41) is 2.02. The van der Waals surface area contributed by atoms with Crippen LogP contribution in [0.4, 0.5) is 0 Å². The highest BCUT2D eigenvalue weighted by molar-refractivity contribution is 7.89. The lowest BCUT2D eigenvalue weighted by Gasteiger charge is -2.27. The van der Waals surface area contributed by atoms with E-state index in [1.165, 1.54) is 9.18 Å². The van der Waals surface area contributed by atoms with Crippen molar-refractivity contribution < 1.29 is 17.9 Å². The number of hydrogen-bond acceptors (Lipinski definition) is 5. The van der Waals surface area contributed by atoms with Gasteiger partial charge in [0.25, 0.3) is 5.91 Å². The number of rotatable bonds is 4. The molecule has 0 bridgehead atoms. The number of likely N-dealkylation sites (tertiary alicyclic amines) is 1. The first-order valence-corrected chi connectivity index (χ1v) is 11.8. The summed E-state index contributed by atoms with van der Waals surface area (Å²) in [4.78, 5) is 16.6. The smallest absolute Gasteiger partial charge is 0.254 e. The number of amides is 1. The monoisotopic (exact) mass is 420 g/mol. The first-order chi connectivity index (χ1) is 13.5. The lowest BCUT2D eigenvalue weighted by molar-refractivity contribution is 0.0728. The van der Waals surface area contributed by atoms with Gasteiger partial charge in [-0.25, -0.2) is 8.42 Å². The molecular weight excluding hydrogens is 396 g/mol. The van der Waals surface area contributed by atoms with Crippen molar-refractivity contribution in [2.24, 2.45) is 0 Å². The topological polar surface area (TPSA) is 66.9 Å². The fourth-order valence-corrected chi connectivity index (χ4v) is 6.18. The molecule has 2 aromatic rings. The van der Waals surface area contributed by atoms with Crippen molar-refractivity contribution in [3.8, 4) is 0 Å². The zero-order valence-electron chi connectivity index (χ0n) is 15.8. The first kappa shape index (κ1) is 19.6. The van der Waals surface area contributed by atoms with Crippen LogP contribution in [0, 0.1) is 6.92 Å². The zero-order valence-corrected chi connectivity index (χ0v) is 17.5. The Morgan fingerprint density at radius 3 is 2.68 bits per heavy atom. The van der Waals surface area contributed by atoms with E-state index in [2.05, 4.69) is 6.07 Å². The fraction of sp³-hybridized carbons (Fsp3) is 0.450. The summed E-state index contributed by atoms with van der Waals surface area (Å²) in [5.74, 6) is -0.0903. The van der Waals surface area contributed by atoms with Crippen LogP contribution in [-0.2, 0) is 14.8 Å². The third-order valence-corrected chi connectivity index (χ3v) is 8.30. The Kier molecular flexibility index (Phi) is 5.55. The normalized spacial score (nSPS) is 21.2. The zero-order chi connectivity index (χ0) is 19.7. The number of morpholine rings is 1. The number of carbonyl (C=O) groups excluding carboxylic acids is 1. The first-order valence-electron chi connectivity index (χ1n) is 9.51. The van der Waals surface area contributed by atoms with E-state index >= 15 is 0 Å². The van der Waals surface area contributed by atoms with E-state index in [0.717, 1.165) is 18.4 Å². The molecular formula is C20H24N2O4S2. The minimum Gasteiger partial charge on any atom is -0.379 e. The standard InChI is InChI=1S/C20H24N2O4S2/c1-15-6-7-16(28(24,25)21-9-11-26-12-10-21)14-17(15)20(23)22-8-2-4-18(22)19-5-3-13-27-19/h3,5-7,13-14,18H,2,4,8-12H2,1H3. The maximum Gasteiger partial charge on any atom is 0.254 e. The molecule has 3 heterocycles. The lowest BCUT2D eigenvalue weighted by atomic mass is 10.1. The molecule has 6 nitrogen and oxygen atoms in total. The van der Waals surface area contributed by atoms with Crippen LogP contribution in [0.5, 0.6) is 0 Å². The number of hydrogen-bond donors (Lipinski definition) is 0. The summed E-state index contributed by atoms with van der Waals surface area (Å²) in [6.07, 6.45) is 1.90. The van der Waals surface area contributed by atoms with Crippen LogP contribution in [0.15, 0.2) is 40.6 Å². The third kappa shape index (κ3) is 3.61. The molecule has 1 aromatic heterocycles. The van der Waals surface area contributed by atoms with Gasteiger partial charge in [-0.1, -0.05) is 12.1 Å². The molecule has 2 aliphatic rings. The lowest BCUT2D eigenvalue weighted by Crippen LogP contribution is -2.40. The van der Waals surface area contributed by atoms with Crippen LogP contribution >= 0.6 is 11.3 Å². The maximum atomic E-state index is 13.3. The number of thiophene rings is 1. The predicted molar refractivity (Wildman–Crippen MR) is 108 cm³/mol. The molecule has 0 saturated carbocycles. The van der Waals surface area contributed by atoms with Crippen LogP contribution in [0.1, 0.15) is 39.7 Å². The number of sulfonamides is 1. The second-order valence-corrected chi connectivity index (χ2v) is 10.1. The molecule has 0 N–H and O–H groups in total. The van der Waals surface area contributed by atoms with E-state index in [1.807, 2.05) is 23.3 Å². The molecule has 1 aromatic carbocycles. The van der Waals surface area contributed by atoms with Gasteiger partial charge in [-0.2, -0.15) is 4.31 Å². The SMILES string of the molecule is Cc1ccc(S(=O)(=O)N2CCOCC2)cc1C(=O)N1CCCC1c1cccs1. The Hall–Kier alpha value is -1.74. The van der Waals surface area contributed by atoms with Crippen molar-refractivity contribution in [1.29, 1.82) is 0 Å². The van der Waals surface area contributed by atoms with Gasteiger partial charge in [0, 0.05) is 30.1 Å². The summed E-state index contributed by atoms with van der Waals surface area (Å²) in [6, 6.07) is 9.02. The summed E-state index contributed by atoms with van der Waals surface area (Å²) in [7, 11) is -3.63.